The Morgan fingerprint density at radius 1 is 1.29 bits per heavy atom. The summed E-state index contributed by atoms with van der Waals surface area (Å²) in [4.78, 5) is 12.2. The van der Waals surface area contributed by atoms with Crippen LogP contribution in [-0.2, 0) is 4.79 Å². The lowest BCUT2D eigenvalue weighted by atomic mass is 10.1. The molecule has 0 spiro atoms. The number of nitrogen functional groups attached to an aromatic ring is 1. The van der Waals surface area contributed by atoms with Gasteiger partial charge in [-0.2, -0.15) is 0 Å². The van der Waals surface area contributed by atoms with Crippen LogP contribution in [0.2, 0.25) is 5.02 Å². The highest BCUT2D eigenvalue weighted by molar-refractivity contribution is 9.10. The van der Waals surface area contributed by atoms with E-state index in [2.05, 4.69) is 21.2 Å². The molecule has 0 radical (unpaired) electrons. The first-order chi connectivity index (χ1) is 11.3. The van der Waals surface area contributed by atoms with E-state index in [0.717, 1.165) is 11.1 Å². The summed E-state index contributed by atoms with van der Waals surface area (Å²) in [6.07, 6.45) is 0. The van der Waals surface area contributed by atoms with E-state index >= 15 is 0 Å². The van der Waals surface area contributed by atoms with Crippen molar-refractivity contribution in [2.75, 3.05) is 24.8 Å². The average Bonchev–Trinajstić information content (AvgIpc) is 2.48. The summed E-state index contributed by atoms with van der Waals surface area (Å²) in [6.45, 7) is 3.65. The molecule has 0 aliphatic rings. The van der Waals surface area contributed by atoms with E-state index in [1.165, 1.54) is 7.11 Å². The Kier molecular flexibility index (Phi) is 5.96. The minimum Gasteiger partial charge on any atom is -0.494 e. The summed E-state index contributed by atoms with van der Waals surface area (Å²) in [5, 5.41) is 3.22. The molecule has 2 rings (SSSR count). The second-order valence-electron chi connectivity index (χ2n) is 5.31. The molecule has 0 aromatic heterocycles. The summed E-state index contributed by atoms with van der Waals surface area (Å²) >= 11 is 9.53. The third-order valence-corrected chi connectivity index (χ3v) is 4.19. The Morgan fingerprint density at radius 2 is 2.00 bits per heavy atom. The van der Waals surface area contributed by atoms with E-state index in [0.29, 0.717) is 32.4 Å². The van der Waals surface area contributed by atoms with Crippen molar-refractivity contribution in [1.29, 1.82) is 0 Å². The Bertz CT molecular complexity index is 758. The van der Waals surface area contributed by atoms with Gasteiger partial charge < -0.3 is 20.5 Å². The zero-order valence-corrected chi connectivity index (χ0v) is 15.9. The van der Waals surface area contributed by atoms with Crippen molar-refractivity contribution < 1.29 is 14.3 Å². The van der Waals surface area contributed by atoms with E-state index in [9.17, 15) is 4.79 Å². The number of rotatable bonds is 5. The maximum atomic E-state index is 12.2. The van der Waals surface area contributed by atoms with Gasteiger partial charge in [0.05, 0.1) is 17.8 Å². The molecule has 0 saturated carbocycles. The summed E-state index contributed by atoms with van der Waals surface area (Å²) in [6, 6.07) is 7.04. The van der Waals surface area contributed by atoms with Crippen LogP contribution in [0.3, 0.4) is 0 Å². The Balaban J connectivity index is 2.10. The highest BCUT2D eigenvalue weighted by atomic mass is 79.9. The number of carbonyl (C=O) groups is 1. The van der Waals surface area contributed by atoms with E-state index in [4.69, 9.17) is 26.8 Å². The molecule has 0 aliphatic heterocycles. The zero-order valence-electron chi connectivity index (χ0n) is 13.6. The normalized spacial score (nSPS) is 10.4. The summed E-state index contributed by atoms with van der Waals surface area (Å²) in [7, 11) is 1.50. The highest BCUT2D eigenvalue weighted by Crippen LogP contribution is 2.35. The zero-order chi connectivity index (χ0) is 17.9. The first-order valence-corrected chi connectivity index (χ1v) is 8.31. The second-order valence-corrected chi connectivity index (χ2v) is 6.57. The van der Waals surface area contributed by atoms with Crippen molar-refractivity contribution in [3.05, 3.63) is 44.9 Å². The van der Waals surface area contributed by atoms with Crippen molar-refractivity contribution >= 4 is 44.8 Å². The maximum absolute atomic E-state index is 12.2. The monoisotopic (exact) mass is 412 g/mol. The fraction of sp³-hybridized carbons (Fsp3) is 0.235. The molecule has 0 atom stereocenters. The Hall–Kier alpha value is -1.92. The summed E-state index contributed by atoms with van der Waals surface area (Å²) < 4.78 is 11.4. The van der Waals surface area contributed by atoms with Gasteiger partial charge >= 0.3 is 0 Å². The lowest BCUT2D eigenvalue weighted by Crippen LogP contribution is -2.21. The summed E-state index contributed by atoms with van der Waals surface area (Å²) in [5.74, 6) is 0.621. The molecule has 1 amide bonds. The number of anilines is 2. The number of hydrogen-bond donors (Lipinski definition) is 2. The predicted molar refractivity (Wildman–Crippen MR) is 100 cm³/mol. The molecule has 2 aromatic rings. The minimum absolute atomic E-state index is 0.177. The quantitative estimate of drug-likeness (QED) is 0.716. The van der Waals surface area contributed by atoms with Crippen LogP contribution in [0.5, 0.6) is 11.5 Å². The first-order valence-electron chi connectivity index (χ1n) is 7.14. The van der Waals surface area contributed by atoms with Gasteiger partial charge in [0, 0.05) is 16.2 Å². The Morgan fingerprint density at radius 3 is 2.62 bits per heavy atom. The molecule has 3 N–H and O–H groups in total. The minimum atomic E-state index is -0.338. The Labute approximate surface area is 154 Å². The average molecular weight is 414 g/mol. The molecule has 0 heterocycles. The molecule has 24 heavy (non-hydrogen) atoms. The SMILES string of the molecule is COc1cc(N)cc(Br)c1NC(=O)COc1c(C)cc(C)cc1Cl. The van der Waals surface area contributed by atoms with Crippen LogP contribution >= 0.6 is 27.5 Å². The van der Waals surface area contributed by atoms with E-state index in [1.54, 1.807) is 18.2 Å². The van der Waals surface area contributed by atoms with E-state index in [1.807, 2.05) is 19.9 Å². The number of carbonyl (C=O) groups excluding carboxylic acids is 1. The number of halogens is 2. The predicted octanol–water partition coefficient (Wildman–Crippen LogP) is 4.33. The van der Waals surface area contributed by atoms with Crippen LogP contribution < -0.4 is 20.5 Å². The molecule has 0 bridgehead atoms. The molecular formula is C17H18BrClN2O3. The number of ether oxygens (including phenoxy) is 2. The van der Waals surface area contributed by atoms with Crippen LogP contribution in [0.1, 0.15) is 11.1 Å². The van der Waals surface area contributed by atoms with Crippen molar-refractivity contribution in [1.82, 2.24) is 0 Å². The molecule has 0 fully saturated rings. The van der Waals surface area contributed by atoms with Gasteiger partial charge in [-0.05, 0) is 53.0 Å². The molecule has 2 aromatic carbocycles. The van der Waals surface area contributed by atoms with Crippen molar-refractivity contribution in [2.24, 2.45) is 0 Å². The van der Waals surface area contributed by atoms with E-state index < -0.39 is 0 Å². The lowest BCUT2D eigenvalue weighted by molar-refractivity contribution is -0.118. The molecule has 7 heteroatoms. The van der Waals surface area contributed by atoms with Crippen LogP contribution in [0.4, 0.5) is 11.4 Å². The largest absolute Gasteiger partial charge is 0.494 e. The number of benzene rings is 2. The lowest BCUT2D eigenvalue weighted by Gasteiger charge is -2.15. The van der Waals surface area contributed by atoms with Gasteiger partial charge in [0.2, 0.25) is 0 Å². The molecule has 0 aliphatic carbocycles. The van der Waals surface area contributed by atoms with Crippen LogP contribution in [0.15, 0.2) is 28.7 Å². The number of methoxy groups -OCH3 is 1. The molecule has 5 nitrogen and oxygen atoms in total. The van der Waals surface area contributed by atoms with Gasteiger partial charge in [0.1, 0.15) is 11.5 Å². The standard InChI is InChI=1S/C17H18BrClN2O3/c1-9-4-10(2)17(13(19)5-9)24-8-15(22)21-16-12(18)6-11(20)7-14(16)23-3/h4-7H,8,20H2,1-3H3,(H,21,22). The van der Waals surface area contributed by atoms with Crippen LogP contribution in [0.25, 0.3) is 0 Å². The third kappa shape index (κ3) is 4.33. The number of aryl methyl sites for hydroxylation is 2. The van der Waals surface area contributed by atoms with Crippen LogP contribution in [0, 0.1) is 13.8 Å². The third-order valence-electron chi connectivity index (χ3n) is 3.28. The molecular weight excluding hydrogens is 396 g/mol. The van der Waals surface area contributed by atoms with Gasteiger partial charge in [-0.15, -0.1) is 0 Å². The fourth-order valence-corrected chi connectivity index (χ4v) is 3.22. The maximum Gasteiger partial charge on any atom is 0.262 e. The number of amides is 1. The molecule has 0 saturated heterocycles. The molecule has 0 unspecified atom stereocenters. The smallest absolute Gasteiger partial charge is 0.262 e. The van der Waals surface area contributed by atoms with Gasteiger partial charge in [-0.1, -0.05) is 17.7 Å². The first kappa shape index (κ1) is 18.4. The van der Waals surface area contributed by atoms with Crippen molar-refractivity contribution in [2.45, 2.75) is 13.8 Å². The van der Waals surface area contributed by atoms with E-state index in [-0.39, 0.29) is 12.5 Å². The highest BCUT2D eigenvalue weighted by Gasteiger charge is 2.14. The summed E-state index contributed by atoms with van der Waals surface area (Å²) in [5.41, 5.74) is 8.67. The van der Waals surface area contributed by atoms with Gasteiger partial charge in [0.15, 0.2) is 6.61 Å². The topological polar surface area (TPSA) is 73.6 Å². The number of hydrogen-bond acceptors (Lipinski definition) is 4. The van der Waals surface area contributed by atoms with Gasteiger partial charge in [0.25, 0.3) is 5.91 Å². The number of nitrogens with two attached hydrogens (primary N) is 1. The van der Waals surface area contributed by atoms with Crippen LogP contribution in [-0.4, -0.2) is 19.6 Å². The van der Waals surface area contributed by atoms with Gasteiger partial charge in [-0.25, -0.2) is 0 Å². The number of nitrogens with one attached hydrogen (secondary N) is 1. The van der Waals surface area contributed by atoms with Gasteiger partial charge in [-0.3, -0.25) is 4.79 Å². The van der Waals surface area contributed by atoms with Crippen molar-refractivity contribution in [3.8, 4) is 11.5 Å². The molecule has 128 valence electrons. The van der Waals surface area contributed by atoms with Crippen molar-refractivity contribution in [3.63, 3.8) is 0 Å². The fourth-order valence-electron chi connectivity index (χ4n) is 2.28. The second kappa shape index (κ2) is 7.77.